The number of hydrogen-bond acceptors (Lipinski definition) is 8. The molecule has 2 fully saturated rings. The van der Waals surface area contributed by atoms with Crippen molar-refractivity contribution in [2.75, 3.05) is 25.0 Å². The Balaban J connectivity index is 1.41. The van der Waals surface area contributed by atoms with Crippen LogP contribution < -0.4 is 10.2 Å². The molecular weight excluding hydrogens is 603 g/mol. The van der Waals surface area contributed by atoms with E-state index in [4.69, 9.17) is 9.79 Å². The molecule has 0 radical (unpaired) electrons. The normalized spacial score (nSPS) is 21.0. The first kappa shape index (κ1) is 30.9. The Kier molecular flexibility index (Phi) is 8.75. The number of carbonyl (C=O) groups excluding carboxylic acids is 4. The number of hydrogen-bond donors (Lipinski definition) is 3. The van der Waals surface area contributed by atoms with E-state index in [0.29, 0.717) is 31.5 Å². The van der Waals surface area contributed by atoms with Crippen LogP contribution in [0.15, 0.2) is 48.7 Å². The van der Waals surface area contributed by atoms with E-state index in [-0.39, 0.29) is 39.5 Å². The van der Waals surface area contributed by atoms with Gasteiger partial charge in [0.05, 0.1) is 4.88 Å². The molecule has 2 aliphatic rings. The molecule has 3 aromatic rings. The van der Waals surface area contributed by atoms with Gasteiger partial charge in [0.15, 0.2) is 0 Å². The predicted molar refractivity (Wildman–Crippen MR) is 157 cm³/mol. The smallest absolute Gasteiger partial charge is 0.340 e. The lowest BCUT2D eigenvalue weighted by Gasteiger charge is -2.39. The summed E-state index contributed by atoms with van der Waals surface area (Å²) in [6, 6.07) is 9.20. The van der Waals surface area contributed by atoms with Crippen LogP contribution in [0.2, 0.25) is 0 Å². The van der Waals surface area contributed by atoms with Crippen LogP contribution in [-0.4, -0.2) is 86.5 Å². The summed E-state index contributed by atoms with van der Waals surface area (Å²) < 4.78 is 28.3. The van der Waals surface area contributed by atoms with Crippen LogP contribution >= 0.6 is 19.7 Å². The quantitative estimate of drug-likeness (QED) is 0.354. The molecule has 228 valence electrons. The highest BCUT2D eigenvalue weighted by Crippen LogP contribution is 2.52. The zero-order chi connectivity index (χ0) is 31.1. The number of aromatic nitrogens is 1. The van der Waals surface area contributed by atoms with E-state index in [1.54, 1.807) is 24.1 Å². The summed E-state index contributed by atoms with van der Waals surface area (Å²) in [4.78, 5) is 80.5. The number of anilines is 1. The second kappa shape index (κ2) is 12.2. The molecule has 2 aromatic heterocycles. The number of benzene rings is 1. The molecule has 1 aromatic carbocycles. The molecule has 15 heteroatoms. The maximum absolute atomic E-state index is 14.2. The van der Waals surface area contributed by atoms with E-state index in [1.807, 2.05) is 18.2 Å². The lowest BCUT2D eigenvalue weighted by Crippen LogP contribution is -2.61. The van der Waals surface area contributed by atoms with Crippen LogP contribution in [-0.2, 0) is 20.0 Å². The fraction of sp³-hybridized carbons (Fsp3) is 0.393. The third-order valence-corrected chi connectivity index (χ3v) is 9.71. The predicted octanol–water partition coefficient (Wildman–Crippen LogP) is 3.02. The van der Waals surface area contributed by atoms with Crippen molar-refractivity contribution in [1.82, 2.24) is 20.1 Å². The summed E-state index contributed by atoms with van der Waals surface area (Å²) >= 11 is 0.912. The number of alkyl halides is 2. The van der Waals surface area contributed by atoms with E-state index in [0.717, 1.165) is 23.6 Å². The van der Waals surface area contributed by atoms with E-state index >= 15 is 0 Å². The van der Waals surface area contributed by atoms with E-state index in [2.05, 4.69) is 10.3 Å². The van der Waals surface area contributed by atoms with Crippen LogP contribution in [0.1, 0.15) is 41.4 Å². The topological polar surface area (TPSA) is 143 Å². The van der Waals surface area contributed by atoms with E-state index < -0.39 is 43.5 Å². The fourth-order valence-electron chi connectivity index (χ4n) is 5.57. The minimum absolute atomic E-state index is 0.0804. The Morgan fingerprint density at radius 3 is 2.53 bits per heavy atom. The summed E-state index contributed by atoms with van der Waals surface area (Å²) in [5, 5.41) is 2.89. The summed E-state index contributed by atoms with van der Waals surface area (Å²) in [7, 11) is -1.95. The Morgan fingerprint density at radius 2 is 1.86 bits per heavy atom. The van der Waals surface area contributed by atoms with Crippen LogP contribution in [0.25, 0.3) is 10.2 Å². The van der Waals surface area contributed by atoms with Crippen molar-refractivity contribution in [3.05, 3.63) is 59.1 Å². The molecule has 0 bridgehead atoms. The first-order chi connectivity index (χ1) is 20.4. The first-order valence-corrected chi connectivity index (χ1v) is 15.6. The minimum atomic E-state index is -3.91. The highest BCUT2D eigenvalue weighted by molar-refractivity contribution is 7.46. The molecule has 0 aliphatic carbocycles. The molecule has 2 saturated heterocycles. The number of nitrogens with zero attached hydrogens (tertiary/aromatic N) is 4. The molecule has 0 spiro atoms. The molecule has 3 atom stereocenters. The molecule has 11 nitrogen and oxygen atoms in total. The number of amides is 4. The Hall–Kier alpha value is -3.58. The maximum Gasteiger partial charge on any atom is 0.340 e. The van der Waals surface area contributed by atoms with Crippen molar-refractivity contribution < 1.29 is 37.7 Å². The molecule has 0 saturated carbocycles. The molecule has 4 heterocycles. The van der Waals surface area contributed by atoms with Gasteiger partial charge < -0.3 is 29.8 Å². The summed E-state index contributed by atoms with van der Waals surface area (Å²) in [5.74, 6) is -1.68. The van der Waals surface area contributed by atoms with Crippen molar-refractivity contribution in [2.45, 2.75) is 50.0 Å². The number of fused-ring (bicyclic) bond motifs is 2. The van der Waals surface area contributed by atoms with Gasteiger partial charge in [-0.25, -0.2) is 4.98 Å². The van der Waals surface area contributed by atoms with Crippen LogP contribution in [0.5, 0.6) is 0 Å². The van der Waals surface area contributed by atoms with Gasteiger partial charge in [-0.1, -0.05) is 18.2 Å². The van der Waals surface area contributed by atoms with E-state index in [1.165, 1.54) is 22.8 Å². The van der Waals surface area contributed by atoms with Crippen molar-refractivity contribution in [3.63, 3.8) is 0 Å². The van der Waals surface area contributed by atoms with Gasteiger partial charge in [-0.15, -0.1) is 11.3 Å². The molecule has 3 N–H and O–H groups in total. The standard InChI is InChI=1S/C28H30F2N5O6PS/c1-16(36)34-11-10-20-8-9-22(27(39)33(2)19-6-4-3-5-7-19)35(20)26(38)21(15-34)32-24(37)23-13-17-12-18(14-31-25(17)43-23)28(29,30)42(40)41/h3-7,12-14,20-22,40-41H,8-11,15H2,1-2H3,(H,32,37)/t20-,21+,22+/m1/s1. The Labute approximate surface area is 251 Å². The van der Waals surface area contributed by atoms with Gasteiger partial charge in [0.25, 0.3) is 5.91 Å². The average molecular weight is 634 g/mol. The van der Waals surface area contributed by atoms with Crippen LogP contribution in [0, 0.1) is 0 Å². The summed E-state index contributed by atoms with van der Waals surface area (Å²) in [6.07, 6.45) is 2.31. The van der Waals surface area contributed by atoms with Gasteiger partial charge in [-0.2, -0.15) is 8.78 Å². The number of para-hydroxylation sites is 1. The number of nitrogens with one attached hydrogen (secondary N) is 1. The molecular formula is C28H30F2N5O6PS. The molecule has 0 unspecified atom stereocenters. The van der Waals surface area contributed by atoms with Gasteiger partial charge in [-0.05, 0) is 43.5 Å². The number of carbonyl (C=O) groups is 4. The van der Waals surface area contributed by atoms with Gasteiger partial charge in [-0.3, -0.25) is 19.2 Å². The molecule has 2 aliphatic heterocycles. The van der Waals surface area contributed by atoms with Crippen molar-refractivity contribution >= 4 is 59.2 Å². The number of thiophene rings is 1. The zero-order valence-electron chi connectivity index (χ0n) is 23.3. The summed E-state index contributed by atoms with van der Waals surface area (Å²) in [6.45, 7) is 1.62. The second-order valence-corrected chi connectivity index (χ2v) is 12.7. The lowest BCUT2D eigenvalue weighted by atomic mass is 10.1. The third kappa shape index (κ3) is 6.10. The van der Waals surface area contributed by atoms with Crippen LogP contribution in [0.4, 0.5) is 14.5 Å². The van der Waals surface area contributed by atoms with Gasteiger partial charge in [0.2, 0.25) is 26.1 Å². The number of rotatable bonds is 6. The number of pyridine rings is 1. The highest BCUT2D eigenvalue weighted by atomic mass is 32.1. The number of halogens is 2. The first-order valence-electron chi connectivity index (χ1n) is 13.6. The average Bonchev–Trinajstić information content (AvgIpc) is 3.61. The molecule has 43 heavy (non-hydrogen) atoms. The fourth-order valence-corrected chi connectivity index (χ4v) is 6.81. The van der Waals surface area contributed by atoms with Crippen molar-refractivity contribution in [3.8, 4) is 0 Å². The Morgan fingerprint density at radius 1 is 1.14 bits per heavy atom. The van der Waals surface area contributed by atoms with E-state index in [9.17, 15) is 28.0 Å². The zero-order valence-corrected chi connectivity index (χ0v) is 25.0. The second-order valence-electron chi connectivity index (χ2n) is 10.6. The largest absolute Gasteiger partial charge is 0.346 e. The highest BCUT2D eigenvalue weighted by Gasteiger charge is 2.46. The molecule has 4 amide bonds. The summed E-state index contributed by atoms with van der Waals surface area (Å²) in [5.41, 5.74) is -3.93. The van der Waals surface area contributed by atoms with Crippen molar-refractivity contribution in [2.24, 2.45) is 0 Å². The monoisotopic (exact) mass is 633 g/mol. The van der Waals surface area contributed by atoms with Gasteiger partial charge >= 0.3 is 5.66 Å². The number of likely N-dealkylation sites (N-methyl/N-ethyl adjacent to an activating group) is 1. The van der Waals surface area contributed by atoms with Crippen molar-refractivity contribution in [1.29, 1.82) is 0 Å². The minimum Gasteiger partial charge on any atom is -0.346 e. The van der Waals surface area contributed by atoms with Crippen LogP contribution in [0.3, 0.4) is 0 Å². The maximum atomic E-state index is 14.2. The van der Waals surface area contributed by atoms with Gasteiger partial charge in [0.1, 0.15) is 16.9 Å². The Bertz CT molecular complexity index is 1560. The SMILES string of the molecule is CC(=O)N1CC[C@H]2CC[C@@H](C(=O)N(C)c3ccccc3)N2C(=O)[C@@H](NC(=O)c2cc3cc(C(F)(F)P(O)O)cnc3s2)C1. The lowest BCUT2D eigenvalue weighted by molar-refractivity contribution is -0.144. The third-order valence-electron chi connectivity index (χ3n) is 7.89. The van der Waals surface area contributed by atoms with Gasteiger partial charge in [0, 0.05) is 55.9 Å². The molecule has 5 rings (SSSR count).